The molecule has 0 heterocycles. The minimum atomic E-state index is -1.72. The van der Waals surface area contributed by atoms with Crippen LogP contribution in [0.1, 0.15) is 40.5 Å². The summed E-state index contributed by atoms with van der Waals surface area (Å²) in [6.07, 6.45) is 7.62. The van der Waals surface area contributed by atoms with Crippen molar-refractivity contribution in [3.63, 3.8) is 0 Å². The normalized spacial score (nSPS) is 31.2. The molecular formula is C21H26Cl2N2O7. The highest BCUT2D eigenvalue weighted by molar-refractivity contribution is 6.26. The van der Waals surface area contributed by atoms with Gasteiger partial charge >= 0.3 is 6.16 Å². The molecule has 0 saturated carbocycles. The zero-order chi connectivity index (χ0) is 24.3. The molecule has 0 spiro atoms. The molecule has 0 aromatic rings. The average molecular weight is 489 g/mol. The first-order valence-electron chi connectivity index (χ1n) is 10.3. The van der Waals surface area contributed by atoms with Crippen molar-refractivity contribution in [2.24, 2.45) is 23.7 Å². The van der Waals surface area contributed by atoms with Crippen molar-refractivity contribution in [2.75, 3.05) is 0 Å². The largest absolute Gasteiger partial charge is 0.512 e. The summed E-state index contributed by atoms with van der Waals surface area (Å²) in [5.41, 5.74) is -0.302. The summed E-state index contributed by atoms with van der Waals surface area (Å²) in [5, 5.41) is 18.9. The van der Waals surface area contributed by atoms with Crippen LogP contribution in [0.5, 0.6) is 0 Å². The van der Waals surface area contributed by atoms with Gasteiger partial charge in [0.15, 0.2) is 0 Å². The zero-order valence-corrected chi connectivity index (χ0v) is 19.7. The summed E-state index contributed by atoms with van der Waals surface area (Å²) in [5.74, 6) is -1.69. The number of hydrogen-bond donors (Lipinski definition) is 0. The molecule has 0 N–H and O–H groups in total. The van der Waals surface area contributed by atoms with Crippen molar-refractivity contribution < 1.29 is 24.1 Å². The Kier molecular flexibility index (Phi) is 8.12. The maximum Gasteiger partial charge on any atom is 0.512 e. The predicted molar refractivity (Wildman–Crippen MR) is 119 cm³/mol. The fourth-order valence-corrected chi connectivity index (χ4v) is 4.47. The maximum absolute atomic E-state index is 12.7. The van der Waals surface area contributed by atoms with Gasteiger partial charge in [0.05, 0.1) is 9.85 Å². The molecule has 0 aromatic carbocycles. The average Bonchev–Trinajstić information content (AvgIpc) is 2.72. The van der Waals surface area contributed by atoms with Gasteiger partial charge in [0.2, 0.25) is 10.1 Å². The van der Waals surface area contributed by atoms with E-state index in [2.05, 4.69) is 0 Å². The van der Waals surface area contributed by atoms with E-state index in [-0.39, 0.29) is 23.2 Å². The quantitative estimate of drug-likeness (QED) is 0.183. The van der Waals surface area contributed by atoms with Crippen LogP contribution in [0, 0.1) is 43.9 Å². The van der Waals surface area contributed by atoms with Crippen LogP contribution in [-0.2, 0) is 9.47 Å². The third-order valence-corrected chi connectivity index (χ3v) is 6.90. The third kappa shape index (κ3) is 5.50. The van der Waals surface area contributed by atoms with Crippen molar-refractivity contribution in [3.8, 4) is 0 Å². The number of alkyl halides is 2. The van der Waals surface area contributed by atoms with E-state index in [4.69, 9.17) is 32.7 Å². The smallest absolute Gasteiger partial charge is 0.407 e. The van der Waals surface area contributed by atoms with Crippen LogP contribution >= 0.6 is 23.2 Å². The summed E-state index contributed by atoms with van der Waals surface area (Å²) in [4.78, 5) is 34.0. The van der Waals surface area contributed by atoms with Crippen molar-refractivity contribution in [1.82, 2.24) is 0 Å². The van der Waals surface area contributed by atoms with Gasteiger partial charge in [-0.1, -0.05) is 63.7 Å². The number of rotatable bonds is 8. The molecule has 0 fully saturated rings. The van der Waals surface area contributed by atoms with Crippen molar-refractivity contribution in [2.45, 2.75) is 50.7 Å². The predicted octanol–water partition coefficient (Wildman–Crippen LogP) is 5.80. The monoisotopic (exact) mass is 488 g/mol. The minimum Gasteiger partial charge on any atom is -0.407 e. The molecule has 0 bridgehead atoms. The number of carbonyl (C=O) groups excluding carboxylic acids is 1. The maximum atomic E-state index is 12.7. The molecule has 6 atom stereocenters. The highest BCUT2D eigenvalue weighted by atomic mass is 35.5. The van der Waals surface area contributed by atoms with Gasteiger partial charge in [0.25, 0.3) is 11.4 Å². The van der Waals surface area contributed by atoms with Crippen LogP contribution < -0.4 is 0 Å². The highest BCUT2D eigenvalue weighted by Gasteiger charge is 2.48. The Bertz CT molecular complexity index is 831. The topological polar surface area (TPSA) is 122 Å². The second kappa shape index (κ2) is 10.0. The van der Waals surface area contributed by atoms with Crippen molar-refractivity contribution >= 4 is 29.4 Å². The lowest BCUT2D eigenvalue weighted by Gasteiger charge is -2.38. The van der Waals surface area contributed by atoms with E-state index in [1.807, 2.05) is 27.7 Å². The lowest BCUT2D eigenvalue weighted by atomic mass is 9.83. The Morgan fingerprint density at radius 1 is 0.938 bits per heavy atom. The van der Waals surface area contributed by atoms with Gasteiger partial charge in [-0.3, -0.25) is 20.2 Å². The van der Waals surface area contributed by atoms with E-state index in [1.165, 1.54) is 36.5 Å². The van der Waals surface area contributed by atoms with E-state index < -0.39 is 38.0 Å². The van der Waals surface area contributed by atoms with Crippen LogP contribution in [0.4, 0.5) is 4.79 Å². The summed E-state index contributed by atoms with van der Waals surface area (Å²) >= 11 is 13.2. The van der Waals surface area contributed by atoms with Crippen molar-refractivity contribution in [1.29, 1.82) is 0 Å². The first-order valence-corrected chi connectivity index (χ1v) is 11.0. The van der Waals surface area contributed by atoms with Crippen LogP contribution in [-0.4, -0.2) is 26.1 Å². The van der Waals surface area contributed by atoms with Crippen molar-refractivity contribution in [3.05, 3.63) is 68.1 Å². The summed E-state index contributed by atoms with van der Waals surface area (Å²) in [6, 6.07) is 0. The Hall–Kier alpha value is -2.39. The molecule has 2 aliphatic rings. The molecule has 6 unspecified atom stereocenters. The Morgan fingerprint density at radius 2 is 1.28 bits per heavy atom. The Balaban J connectivity index is 2.28. The summed E-state index contributed by atoms with van der Waals surface area (Å²) < 4.78 is 10.8. The second-order valence-electron chi connectivity index (χ2n) is 8.04. The molecule has 0 aliphatic heterocycles. The molecule has 0 radical (unpaired) electrons. The number of halogens is 2. The SMILES string of the molecule is CCC(C)C1C=C([N+](=O)[O-])C=CC1(Cl)OC(=O)OC1(Cl)C=CC([N+](=O)[O-])=CC1C(C)CC. The number of carbonyl (C=O) groups is 1. The van der Waals surface area contributed by atoms with Gasteiger partial charge in [-0.2, -0.15) is 0 Å². The van der Waals surface area contributed by atoms with Gasteiger partial charge in [0.1, 0.15) is 0 Å². The van der Waals surface area contributed by atoms with E-state index in [0.29, 0.717) is 12.8 Å². The number of ether oxygens (including phenoxy) is 2. The molecule has 2 aliphatic carbocycles. The number of allylic oxidation sites excluding steroid dienone is 2. The molecule has 11 heteroatoms. The van der Waals surface area contributed by atoms with Gasteiger partial charge in [-0.15, -0.1) is 0 Å². The first-order chi connectivity index (χ1) is 14.9. The Labute approximate surface area is 196 Å². The number of nitro groups is 2. The molecule has 32 heavy (non-hydrogen) atoms. The van der Waals surface area contributed by atoms with Gasteiger partial charge in [-0.05, 0) is 24.0 Å². The highest BCUT2D eigenvalue weighted by Crippen LogP contribution is 2.43. The molecular weight excluding hydrogens is 463 g/mol. The van der Waals surface area contributed by atoms with E-state index in [0.717, 1.165) is 0 Å². The minimum absolute atomic E-state index is 0.151. The van der Waals surface area contributed by atoms with Crippen LogP contribution in [0.15, 0.2) is 47.9 Å². The Morgan fingerprint density at radius 3 is 1.56 bits per heavy atom. The lowest BCUT2D eigenvalue weighted by Crippen LogP contribution is -2.44. The number of hydrogen-bond acceptors (Lipinski definition) is 7. The van der Waals surface area contributed by atoms with E-state index in [1.54, 1.807) is 0 Å². The third-order valence-electron chi connectivity index (χ3n) is 5.99. The fraction of sp³-hybridized carbons (Fsp3) is 0.571. The molecule has 0 saturated heterocycles. The molecule has 0 aromatic heterocycles. The summed E-state index contributed by atoms with van der Waals surface area (Å²) in [7, 11) is 0. The van der Waals surface area contributed by atoms with E-state index >= 15 is 0 Å². The zero-order valence-electron chi connectivity index (χ0n) is 18.2. The molecule has 2 rings (SSSR count). The first kappa shape index (κ1) is 25.9. The fourth-order valence-electron chi connectivity index (χ4n) is 3.66. The van der Waals surface area contributed by atoms with Crippen LogP contribution in [0.25, 0.3) is 0 Å². The van der Waals surface area contributed by atoms with Gasteiger partial charge in [-0.25, -0.2) is 4.79 Å². The second-order valence-corrected chi connectivity index (χ2v) is 9.22. The molecule has 176 valence electrons. The molecule has 0 amide bonds. The number of nitrogens with zero attached hydrogens (tertiary/aromatic N) is 2. The summed E-state index contributed by atoms with van der Waals surface area (Å²) in [6.45, 7) is 7.43. The van der Waals surface area contributed by atoms with Crippen LogP contribution in [0.3, 0.4) is 0 Å². The van der Waals surface area contributed by atoms with Crippen LogP contribution in [0.2, 0.25) is 0 Å². The lowest BCUT2D eigenvalue weighted by molar-refractivity contribution is -0.420. The van der Waals surface area contributed by atoms with Gasteiger partial charge in [0, 0.05) is 36.1 Å². The van der Waals surface area contributed by atoms with E-state index in [9.17, 15) is 25.0 Å². The standard InChI is InChI=1S/C21H26Cl2N2O7/c1-5-13(3)17-11-15(24(27)28)7-9-20(17,22)31-19(26)32-21(23)10-8-16(25(29)30)12-18(21)14(4)6-2/h7-14,17-18H,5-6H2,1-4H3. The van der Waals surface area contributed by atoms with Gasteiger partial charge < -0.3 is 9.47 Å². The molecule has 9 nitrogen and oxygen atoms in total.